The molecule has 2 heterocycles. The van der Waals surface area contributed by atoms with Crippen LogP contribution in [0.2, 0.25) is 0 Å². The van der Waals surface area contributed by atoms with Crippen molar-refractivity contribution in [2.24, 2.45) is 0 Å². The lowest BCUT2D eigenvalue weighted by molar-refractivity contribution is -0.254. The molecular formula is C21H29N3O8. The molecule has 32 heavy (non-hydrogen) atoms. The maximum atomic E-state index is 11.3. The molecule has 176 valence electrons. The van der Waals surface area contributed by atoms with Gasteiger partial charge in [0, 0.05) is 12.0 Å². The number of ether oxygens (including phenoxy) is 3. The van der Waals surface area contributed by atoms with Gasteiger partial charge in [-0.25, -0.2) is 4.68 Å². The first-order chi connectivity index (χ1) is 15.4. The van der Waals surface area contributed by atoms with Gasteiger partial charge in [0.25, 0.3) is 0 Å². The largest absolute Gasteiger partial charge is 0.494 e. The van der Waals surface area contributed by atoms with Crippen LogP contribution in [0.1, 0.15) is 32.4 Å². The van der Waals surface area contributed by atoms with E-state index in [1.807, 2.05) is 6.07 Å². The minimum absolute atomic E-state index is 0.211. The van der Waals surface area contributed by atoms with E-state index in [1.165, 1.54) is 10.9 Å². The van der Waals surface area contributed by atoms with Gasteiger partial charge in [0.2, 0.25) is 0 Å². The van der Waals surface area contributed by atoms with Gasteiger partial charge in [0.1, 0.15) is 35.9 Å². The minimum Gasteiger partial charge on any atom is -0.494 e. The molecule has 11 nitrogen and oxygen atoms in total. The van der Waals surface area contributed by atoms with Crippen molar-refractivity contribution in [3.05, 3.63) is 30.5 Å². The summed E-state index contributed by atoms with van der Waals surface area (Å²) in [6.45, 7) is 2.07. The van der Waals surface area contributed by atoms with Crippen LogP contribution in [0.5, 0.6) is 5.75 Å². The number of unbranched alkanes of at least 4 members (excludes halogenated alkanes) is 1. The lowest BCUT2D eigenvalue weighted by Gasteiger charge is -2.39. The lowest BCUT2D eigenvalue weighted by Crippen LogP contribution is -2.56. The van der Waals surface area contributed by atoms with Gasteiger partial charge in [-0.15, -0.1) is 5.10 Å². The van der Waals surface area contributed by atoms with E-state index in [0.717, 1.165) is 0 Å². The molecule has 5 atom stereocenters. The Morgan fingerprint density at radius 2 is 2.00 bits per heavy atom. The van der Waals surface area contributed by atoms with Crippen molar-refractivity contribution < 1.29 is 39.4 Å². The van der Waals surface area contributed by atoms with Crippen molar-refractivity contribution in [2.45, 2.75) is 56.8 Å². The molecule has 0 aliphatic carbocycles. The normalized spacial score (nSPS) is 25.5. The zero-order valence-corrected chi connectivity index (χ0v) is 17.8. The minimum atomic E-state index is -1.50. The van der Waals surface area contributed by atoms with Crippen LogP contribution in [0.25, 0.3) is 11.3 Å². The number of carbonyl (C=O) groups excluding carboxylic acids is 1. The van der Waals surface area contributed by atoms with Crippen LogP contribution in [-0.2, 0) is 14.3 Å². The maximum absolute atomic E-state index is 11.3. The summed E-state index contributed by atoms with van der Waals surface area (Å²) in [6, 6.07) is 7.20. The van der Waals surface area contributed by atoms with Gasteiger partial charge in [-0.1, -0.05) is 17.3 Å². The molecule has 0 amide bonds. The number of benzene rings is 1. The molecule has 1 aliphatic rings. The summed E-state index contributed by atoms with van der Waals surface area (Å²) in [5.41, 5.74) is 1.19. The fourth-order valence-electron chi connectivity index (χ4n) is 3.37. The van der Waals surface area contributed by atoms with Crippen LogP contribution in [-0.4, -0.2) is 85.6 Å². The average molecular weight is 451 g/mol. The topological polar surface area (TPSA) is 156 Å². The molecule has 3 rings (SSSR count). The molecular weight excluding hydrogens is 422 g/mol. The molecule has 0 unspecified atom stereocenters. The molecule has 0 saturated carbocycles. The summed E-state index contributed by atoms with van der Waals surface area (Å²) in [6.07, 6.45) is -3.28. The first-order valence-electron chi connectivity index (χ1n) is 10.6. The number of esters is 1. The average Bonchev–Trinajstić information content (AvgIpc) is 3.28. The van der Waals surface area contributed by atoms with Gasteiger partial charge in [0.15, 0.2) is 6.23 Å². The predicted octanol–water partition coefficient (Wildman–Crippen LogP) is 0.0297. The number of hydrogen-bond donors (Lipinski definition) is 4. The fraction of sp³-hybridized carbons (Fsp3) is 0.571. The van der Waals surface area contributed by atoms with Crippen LogP contribution < -0.4 is 4.74 Å². The number of hydrogen-bond acceptors (Lipinski definition) is 10. The molecule has 2 aromatic rings. The fourth-order valence-corrected chi connectivity index (χ4v) is 3.37. The monoisotopic (exact) mass is 451 g/mol. The van der Waals surface area contributed by atoms with Crippen molar-refractivity contribution in [2.75, 3.05) is 19.8 Å². The van der Waals surface area contributed by atoms with Crippen molar-refractivity contribution in [1.82, 2.24) is 15.0 Å². The summed E-state index contributed by atoms with van der Waals surface area (Å²) in [4.78, 5) is 11.3. The van der Waals surface area contributed by atoms with Gasteiger partial charge in [-0.2, -0.15) is 0 Å². The Bertz CT molecular complexity index is 874. The van der Waals surface area contributed by atoms with Crippen LogP contribution >= 0.6 is 0 Å². The highest BCUT2D eigenvalue weighted by Gasteiger charge is 2.44. The first-order valence-corrected chi connectivity index (χ1v) is 10.6. The molecule has 1 aliphatic heterocycles. The van der Waals surface area contributed by atoms with E-state index in [2.05, 4.69) is 10.3 Å². The van der Waals surface area contributed by atoms with Gasteiger partial charge in [0.05, 0.1) is 26.0 Å². The second-order valence-electron chi connectivity index (χ2n) is 7.44. The Morgan fingerprint density at radius 1 is 1.19 bits per heavy atom. The highest BCUT2D eigenvalue weighted by atomic mass is 16.6. The van der Waals surface area contributed by atoms with E-state index in [9.17, 15) is 25.2 Å². The van der Waals surface area contributed by atoms with Gasteiger partial charge < -0.3 is 34.6 Å². The number of aliphatic hydroxyl groups is 4. The second kappa shape index (κ2) is 11.3. The number of aliphatic hydroxyl groups excluding tert-OH is 4. The van der Waals surface area contributed by atoms with E-state index in [1.54, 1.807) is 25.1 Å². The van der Waals surface area contributed by atoms with E-state index in [0.29, 0.717) is 49.5 Å². The molecule has 0 bridgehead atoms. The van der Waals surface area contributed by atoms with Crippen molar-refractivity contribution >= 4 is 5.97 Å². The summed E-state index contributed by atoms with van der Waals surface area (Å²) in [5.74, 6) is 0.415. The standard InChI is InChI=1S/C21H29N3O8/c1-2-30-17(26)8-3-4-9-31-14-7-5-6-13(10-14)15-11-24(23-22-15)21-20(29)19(28)18(27)16(12-25)32-21/h5-7,10-11,16,18-21,25,27-29H,2-4,8-9,12H2,1H3/t16-,18-,19+,20+,21+/m1/s1. The van der Waals surface area contributed by atoms with Gasteiger partial charge >= 0.3 is 5.97 Å². The molecule has 1 aromatic carbocycles. The Balaban J connectivity index is 1.60. The van der Waals surface area contributed by atoms with Gasteiger partial charge in [-0.05, 0) is 31.9 Å². The maximum Gasteiger partial charge on any atom is 0.305 e. The number of nitrogens with zero attached hydrogens (tertiary/aromatic N) is 3. The number of rotatable bonds is 10. The van der Waals surface area contributed by atoms with Crippen molar-refractivity contribution in [3.63, 3.8) is 0 Å². The van der Waals surface area contributed by atoms with Crippen LogP contribution in [0.4, 0.5) is 0 Å². The van der Waals surface area contributed by atoms with E-state index in [4.69, 9.17) is 14.2 Å². The Hall–Kier alpha value is -2.57. The summed E-state index contributed by atoms with van der Waals surface area (Å²) in [5, 5.41) is 47.5. The third-order valence-electron chi connectivity index (χ3n) is 5.12. The summed E-state index contributed by atoms with van der Waals surface area (Å²) >= 11 is 0. The Kier molecular flexibility index (Phi) is 8.53. The number of aromatic nitrogens is 3. The SMILES string of the molecule is CCOC(=O)CCCCOc1cccc(-c2cn([C@H]3O[C@H](CO)[C@@H](O)[C@H](O)[C@@H]3O)nn2)c1. The molecule has 0 spiro atoms. The van der Waals surface area contributed by atoms with Gasteiger partial charge in [-0.3, -0.25) is 4.79 Å². The van der Waals surface area contributed by atoms with Crippen molar-refractivity contribution in [1.29, 1.82) is 0 Å². The van der Waals surface area contributed by atoms with E-state index >= 15 is 0 Å². The number of carbonyl (C=O) groups is 1. The Labute approximate surface area is 185 Å². The highest BCUT2D eigenvalue weighted by molar-refractivity contribution is 5.69. The zero-order chi connectivity index (χ0) is 23.1. The summed E-state index contributed by atoms with van der Waals surface area (Å²) in [7, 11) is 0. The summed E-state index contributed by atoms with van der Waals surface area (Å²) < 4.78 is 17.4. The quantitative estimate of drug-likeness (QED) is 0.287. The Morgan fingerprint density at radius 3 is 2.75 bits per heavy atom. The second-order valence-corrected chi connectivity index (χ2v) is 7.44. The van der Waals surface area contributed by atoms with E-state index < -0.39 is 37.3 Å². The molecule has 0 radical (unpaired) electrons. The van der Waals surface area contributed by atoms with Crippen molar-refractivity contribution in [3.8, 4) is 17.0 Å². The molecule has 1 aromatic heterocycles. The van der Waals surface area contributed by atoms with Crippen LogP contribution in [0, 0.1) is 0 Å². The van der Waals surface area contributed by atoms with Crippen LogP contribution in [0.15, 0.2) is 30.5 Å². The highest BCUT2D eigenvalue weighted by Crippen LogP contribution is 2.29. The molecule has 4 N–H and O–H groups in total. The van der Waals surface area contributed by atoms with E-state index in [-0.39, 0.29) is 5.97 Å². The first kappa shape index (κ1) is 24.1. The molecule has 1 saturated heterocycles. The molecule has 11 heteroatoms. The smallest absolute Gasteiger partial charge is 0.305 e. The predicted molar refractivity (Wildman–Crippen MR) is 110 cm³/mol. The zero-order valence-electron chi connectivity index (χ0n) is 17.8. The third kappa shape index (κ3) is 5.81. The lowest BCUT2D eigenvalue weighted by atomic mass is 9.98. The van der Waals surface area contributed by atoms with Crippen LogP contribution in [0.3, 0.4) is 0 Å². The molecule has 1 fully saturated rings. The third-order valence-corrected chi connectivity index (χ3v) is 5.12.